The van der Waals surface area contributed by atoms with Gasteiger partial charge in [0.2, 0.25) is 5.91 Å². The first-order valence-corrected chi connectivity index (χ1v) is 6.35. The van der Waals surface area contributed by atoms with E-state index in [1.54, 1.807) is 18.2 Å². The first-order valence-electron chi connectivity index (χ1n) is 5.59. The zero-order valence-electron chi connectivity index (χ0n) is 9.72. The molecule has 0 unspecified atom stereocenters. The summed E-state index contributed by atoms with van der Waals surface area (Å²) in [7, 11) is 0. The average Bonchev–Trinajstić information content (AvgIpc) is 2.29. The highest BCUT2D eigenvalue weighted by Gasteiger charge is 2.06. The third-order valence-electron chi connectivity index (χ3n) is 2.24. The van der Waals surface area contributed by atoms with Crippen molar-refractivity contribution in [2.75, 3.05) is 18.4 Å². The molecule has 2 N–H and O–H groups in total. The standard InChI is InChI=1S/C12H16Cl2N2O/c1-2-3-7-15-11(17)8-16-12-9(13)5-4-6-10(12)14/h4-6,16H,2-3,7-8H2,1H3,(H,15,17). The molecule has 3 nitrogen and oxygen atoms in total. The molecule has 1 rings (SSSR count). The van der Waals surface area contributed by atoms with Crippen LogP contribution in [0, 0.1) is 0 Å². The summed E-state index contributed by atoms with van der Waals surface area (Å²) in [5.41, 5.74) is 0.599. The molecule has 5 heteroatoms. The normalized spacial score (nSPS) is 10.1. The molecule has 0 saturated carbocycles. The minimum Gasteiger partial charge on any atom is -0.374 e. The summed E-state index contributed by atoms with van der Waals surface area (Å²) in [6.07, 6.45) is 2.04. The average molecular weight is 275 g/mol. The largest absolute Gasteiger partial charge is 0.374 e. The van der Waals surface area contributed by atoms with Gasteiger partial charge in [0, 0.05) is 6.54 Å². The zero-order chi connectivity index (χ0) is 12.7. The van der Waals surface area contributed by atoms with E-state index in [0.717, 1.165) is 12.8 Å². The van der Waals surface area contributed by atoms with Gasteiger partial charge in [-0.3, -0.25) is 4.79 Å². The van der Waals surface area contributed by atoms with Gasteiger partial charge in [0.15, 0.2) is 0 Å². The molecule has 0 heterocycles. The number of carbonyl (C=O) groups is 1. The second-order valence-corrected chi connectivity index (χ2v) is 4.47. The van der Waals surface area contributed by atoms with Crippen LogP contribution in [0.4, 0.5) is 5.69 Å². The molecule has 0 fully saturated rings. The Kier molecular flexibility index (Phi) is 6.16. The highest BCUT2D eigenvalue weighted by Crippen LogP contribution is 2.29. The third kappa shape index (κ3) is 4.84. The minimum absolute atomic E-state index is 0.0607. The van der Waals surface area contributed by atoms with Crippen LogP contribution >= 0.6 is 23.2 Å². The van der Waals surface area contributed by atoms with Gasteiger partial charge >= 0.3 is 0 Å². The zero-order valence-corrected chi connectivity index (χ0v) is 11.2. The van der Waals surface area contributed by atoms with E-state index in [9.17, 15) is 4.79 Å². The number of nitrogens with one attached hydrogen (secondary N) is 2. The van der Waals surface area contributed by atoms with Gasteiger partial charge in [-0.25, -0.2) is 0 Å². The van der Waals surface area contributed by atoms with Crippen molar-refractivity contribution in [2.24, 2.45) is 0 Å². The van der Waals surface area contributed by atoms with E-state index in [4.69, 9.17) is 23.2 Å². The smallest absolute Gasteiger partial charge is 0.239 e. The van der Waals surface area contributed by atoms with E-state index in [0.29, 0.717) is 22.3 Å². The lowest BCUT2D eigenvalue weighted by Gasteiger charge is -2.10. The molecule has 0 spiro atoms. The number of amides is 1. The van der Waals surface area contributed by atoms with Crippen LogP contribution in [-0.2, 0) is 4.79 Å². The van der Waals surface area contributed by atoms with Crippen LogP contribution in [0.2, 0.25) is 10.0 Å². The molecule has 0 aliphatic rings. The van der Waals surface area contributed by atoms with Gasteiger partial charge in [0.05, 0.1) is 22.3 Å². The molecule has 0 aliphatic carbocycles. The molecule has 0 aliphatic heterocycles. The van der Waals surface area contributed by atoms with E-state index >= 15 is 0 Å². The lowest BCUT2D eigenvalue weighted by molar-refractivity contribution is -0.119. The number of halogens is 2. The second kappa shape index (κ2) is 7.41. The molecule has 1 aromatic carbocycles. The monoisotopic (exact) mass is 274 g/mol. The Morgan fingerprint density at radius 3 is 2.53 bits per heavy atom. The number of benzene rings is 1. The van der Waals surface area contributed by atoms with Gasteiger partial charge in [0.25, 0.3) is 0 Å². The first-order chi connectivity index (χ1) is 8.15. The van der Waals surface area contributed by atoms with Crippen molar-refractivity contribution in [3.05, 3.63) is 28.2 Å². The lowest BCUT2D eigenvalue weighted by Crippen LogP contribution is -2.30. The van der Waals surface area contributed by atoms with Crippen molar-refractivity contribution >= 4 is 34.8 Å². The molecule has 17 heavy (non-hydrogen) atoms. The summed E-state index contributed by atoms with van der Waals surface area (Å²) in [5, 5.41) is 6.76. The summed E-state index contributed by atoms with van der Waals surface area (Å²) in [6, 6.07) is 5.21. The minimum atomic E-state index is -0.0607. The van der Waals surface area contributed by atoms with Gasteiger partial charge in [0.1, 0.15) is 0 Å². The van der Waals surface area contributed by atoms with Crippen molar-refractivity contribution in [1.29, 1.82) is 0 Å². The van der Waals surface area contributed by atoms with Crippen molar-refractivity contribution in [1.82, 2.24) is 5.32 Å². The predicted octanol–water partition coefficient (Wildman–Crippen LogP) is 3.32. The number of carbonyl (C=O) groups excluding carboxylic acids is 1. The molecule has 1 amide bonds. The van der Waals surface area contributed by atoms with Crippen molar-refractivity contribution in [2.45, 2.75) is 19.8 Å². The van der Waals surface area contributed by atoms with Gasteiger partial charge in [-0.05, 0) is 18.6 Å². The van der Waals surface area contributed by atoms with Crippen LogP contribution in [0.25, 0.3) is 0 Å². The summed E-state index contributed by atoms with van der Waals surface area (Å²) in [5.74, 6) is -0.0607. The summed E-state index contributed by atoms with van der Waals surface area (Å²) >= 11 is 11.9. The van der Waals surface area contributed by atoms with Crippen LogP contribution in [0.1, 0.15) is 19.8 Å². The van der Waals surface area contributed by atoms with Crippen molar-refractivity contribution < 1.29 is 4.79 Å². The third-order valence-corrected chi connectivity index (χ3v) is 2.87. The number of hydrogen-bond acceptors (Lipinski definition) is 2. The Balaban J connectivity index is 2.42. The lowest BCUT2D eigenvalue weighted by atomic mass is 10.3. The Morgan fingerprint density at radius 2 is 1.94 bits per heavy atom. The van der Waals surface area contributed by atoms with Crippen molar-refractivity contribution in [3.8, 4) is 0 Å². The topological polar surface area (TPSA) is 41.1 Å². The molecule has 1 aromatic rings. The highest BCUT2D eigenvalue weighted by atomic mass is 35.5. The molecular weight excluding hydrogens is 259 g/mol. The SMILES string of the molecule is CCCCNC(=O)CNc1c(Cl)cccc1Cl. The Hall–Kier alpha value is -0.930. The summed E-state index contributed by atoms with van der Waals surface area (Å²) < 4.78 is 0. The van der Waals surface area contributed by atoms with Gasteiger partial charge in [-0.1, -0.05) is 42.6 Å². The number of hydrogen-bond donors (Lipinski definition) is 2. The summed E-state index contributed by atoms with van der Waals surface area (Å²) in [4.78, 5) is 11.5. The van der Waals surface area contributed by atoms with Crippen molar-refractivity contribution in [3.63, 3.8) is 0 Å². The van der Waals surface area contributed by atoms with Gasteiger partial charge < -0.3 is 10.6 Å². The van der Waals surface area contributed by atoms with E-state index < -0.39 is 0 Å². The maximum atomic E-state index is 11.5. The molecule has 94 valence electrons. The quantitative estimate of drug-likeness (QED) is 0.782. The van der Waals surface area contributed by atoms with E-state index in [-0.39, 0.29) is 12.5 Å². The fourth-order valence-corrected chi connectivity index (χ4v) is 1.83. The van der Waals surface area contributed by atoms with E-state index in [1.165, 1.54) is 0 Å². The van der Waals surface area contributed by atoms with Crippen LogP contribution in [0.15, 0.2) is 18.2 Å². The molecule has 0 saturated heterocycles. The number of para-hydroxylation sites is 1. The maximum absolute atomic E-state index is 11.5. The summed E-state index contributed by atoms with van der Waals surface area (Å²) in [6.45, 7) is 2.95. The number of anilines is 1. The Labute approximate surface area is 111 Å². The van der Waals surface area contributed by atoms with Crippen LogP contribution in [0.5, 0.6) is 0 Å². The molecule has 0 bridgehead atoms. The first kappa shape index (κ1) is 14.1. The van der Waals surface area contributed by atoms with E-state index in [1.807, 2.05) is 0 Å². The predicted molar refractivity (Wildman–Crippen MR) is 72.9 cm³/mol. The molecule has 0 radical (unpaired) electrons. The molecule has 0 aromatic heterocycles. The second-order valence-electron chi connectivity index (χ2n) is 3.65. The van der Waals surface area contributed by atoms with E-state index in [2.05, 4.69) is 17.6 Å². The Bertz CT molecular complexity index is 363. The fraction of sp³-hybridized carbons (Fsp3) is 0.417. The van der Waals surface area contributed by atoms with Crippen LogP contribution in [-0.4, -0.2) is 19.0 Å². The highest BCUT2D eigenvalue weighted by molar-refractivity contribution is 6.39. The molecule has 0 atom stereocenters. The number of unbranched alkanes of at least 4 members (excludes halogenated alkanes) is 1. The molecular formula is C12H16Cl2N2O. The van der Waals surface area contributed by atoms with Crippen LogP contribution < -0.4 is 10.6 Å². The van der Waals surface area contributed by atoms with Gasteiger partial charge in [-0.15, -0.1) is 0 Å². The maximum Gasteiger partial charge on any atom is 0.239 e. The number of rotatable bonds is 6. The fourth-order valence-electron chi connectivity index (χ4n) is 1.30. The van der Waals surface area contributed by atoms with Gasteiger partial charge in [-0.2, -0.15) is 0 Å². The van der Waals surface area contributed by atoms with Crippen LogP contribution in [0.3, 0.4) is 0 Å². The Morgan fingerprint density at radius 1 is 1.29 bits per heavy atom.